The number of hydrogen-bond donors (Lipinski definition) is 6. The van der Waals surface area contributed by atoms with Crippen LogP contribution in [0.3, 0.4) is 0 Å². The molecule has 2 aromatic heterocycles. The van der Waals surface area contributed by atoms with Gasteiger partial charge >= 0.3 is 5.97 Å². The topological polar surface area (TPSA) is 196 Å². The molecule has 0 amide bonds. The molecule has 0 saturated carbocycles. The molecule has 3 aliphatic carbocycles. The quantitative estimate of drug-likeness (QED) is 0.0593. The van der Waals surface area contributed by atoms with E-state index < -0.39 is 29.6 Å². The number of ether oxygens (including phenoxy) is 3. The number of hydrogen-bond acceptors (Lipinski definition) is 12. The van der Waals surface area contributed by atoms with E-state index >= 15 is 4.79 Å². The van der Waals surface area contributed by atoms with Crippen LogP contribution in [0.4, 0.5) is 5.69 Å². The molecular weight excluding hydrogens is 997 g/mol. The van der Waals surface area contributed by atoms with E-state index in [0.29, 0.717) is 57.2 Å². The first-order valence-electron chi connectivity index (χ1n) is 27.3. The molecule has 14 heteroatoms. The number of anilines is 1. The number of ketones is 2. The maximum atomic E-state index is 15.2. The Morgan fingerprint density at radius 3 is 2.54 bits per heavy atom. The van der Waals surface area contributed by atoms with Crippen LogP contribution in [0, 0.1) is 23.2 Å². The number of methoxy groups -OCH3 is 1. The predicted molar refractivity (Wildman–Crippen MR) is 301 cm³/mol. The van der Waals surface area contributed by atoms with Crippen LogP contribution in [0.1, 0.15) is 123 Å². The monoisotopic (exact) mass is 1060 g/mol. The van der Waals surface area contributed by atoms with Gasteiger partial charge in [0, 0.05) is 98.2 Å². The number of benzene rings is 4. The van der Waals surface area contributed by atoms with E-state index in [-0.39, 0.29) is 83.1 Å². The van der Waals surface area contributed by atoms with Crippen LogP contribution >= 0.6 is 0 Å². The summed E-state index contributed by atoms with van der Waals surface area (Å²) in [5.74, 6) is 7.14. The van der Waals surface area contributed by atoms with Gasteiger partial charge < -0.3 is 54.4 Å². The van der Waals surface area contributed by atoms with Crippen molar-refractivity contribution in [3.8, 4) is 46.3 Å². The van der Waals surface area contributed by atoms with E-state index in [1.165, 1.54) is 26.2 Å². The zero-order valence-electron chi connectivity index (χ0n) is 44.9. The Labute approximate surface area is 459 Å². The van der Waals surface area contributed by atoms with Crippen LogP contribution < -0.4 is 19.7 Å². The second kappa shape index (κ2) is 21.8. The Bertz CT molecular complexity index is 3590. The molecule has 0 saturated heterocycles. The van der Waals surface area contributed by atoms with E-state index in [2.05, 4.69) is 81.3 Å². The fraction of sp³-hybridized carbons (Fsp3) is 0.338. The number of aromatic nitrogens is 2. The summed E-state index contributed by atoms with van der Waals surface area (Å²) in [7, 11) is 1.46. The number of phenolic OH excluding ortho intramolecular Hbond substituents is 3. The number of Topliss-reactive ketones (excluding diaryl/α,β-unsaturated/α-hetero) is 2. The lowest BCUT2D eigenvalue weighted by Gasteiger charge is -2.43. The Kier molecular flexibility index (Phi) is 14.5. The van der Waals surface area contributed by atoms with Gasteiger partial charge in [0.15, 0.2) is 11.5 Å². The zero-order chi connectivity index (χ0) is 55.1. The highest BCUT2D eigenvalue weighted by atomic mass is 16.5. The van der Waals surface area contributed by atoms with Crippen molar-refractivity contribution in [2.24, 2.45) is 11.3 Å². The fourth-order valence-electron chi connectivity index (χ4n) is 13.0. The minimum absolute atomic E-state index is 0.00420. The van der Waals surface area contributed by atoms with Gasteiger partial charge in [-0.25, -0.2) is 0 Å². The summed E-state index contributed by atoms with van der Waals surface area (Å²) < 4.78 is 20.3. The molecule has 6 aromatic rings. The molecule has 406 valence electrons. The van der Waals surface area contributed by atoms with Crippen LogP contribution in [0.15, 0.2) is 139 Å². The van der Waals surface area contributed by atoms with E-state index in [4.69, 9.17) is 14.2 Å². The first-order valence-corrected chi connectivity index (χ1v) is 27.3. The van der Waals surface area contributed by atoms with Crippen molar-refractivity contribution in [3.63, 3.8) is 0 Å². The van der Waals surface area contributed by atoms with Crippen LogP contribution in [0.5, 0.6) is 34.5 Å². The normalized spacial score (nSPS) is 23.7. The molecule has 4 aromatic carbocycles. The average Bonchev–Trinajstić information content (AvgIpc) is 4.20. The minimum atomic E-state index is -0.781. The van der Waals surface area contributed by atoms with Crippen LogP contribution in [-0.4, -0.2) is 73.8 Å². The van der Waals surface area contributed by atoms with Gasteiger partial charge in [-0.3, -0.25) is 14.4 Å². The molecule has 2 aliphatic heterocycles. The third-order valence-electron chi connectivity index (χ3n) is 16.9. The lowest BCUT2D eigenvalue weighted by molar-refractivity contribution is -0.148. The Morgan fingerprint density at radius 2 is 1.76 bits per heavy atom. The lowest BCUT2D eigenvalue weighted by atomic mass is 9.61. The van der Waals surface area contributed by atoms with Gasteiger partial charge in [0.05, 0.1) is 30.9 Å². The molecule has 7 atom stereocenters. The standard InChI is InChI=1S/C65H66N4O10/c1-38-9-5-11-45-12-7-16-51-53-36-66-35-44(53)34-65(38,45)24-21-50(78-40(3)71)32-48(74)33-57(43-28-59(76)64(60(29-43)77-4)79-49-15-8-14-47(73)31-49)69-37-54-55(18-17-52-58(75)20-19-56(69)63(52)54)68(26-23-39(2)70)61-30-42(22-25-67-61)62(51)41-10-6-13-46(72)27-41/h5-6,8-11,13-15,17-18,22,27-31,35-38,50-51,57-58,62,66-67,72-73,75-76H,12,19-21,23-26,32-34H2,1-4H3/t38-,50+,51+,57-,58+,62+,65+/m0/s1. The molecule has 6 bridgehead atoms. The number of dihydropyridines is 1. The number of esters is 1. The number of aliphatic hydroxyl groups excluding tert-OH is 1. The highest BCUT2D eigenvalue weighted by Crippen LogP contribution is 2.52. The maximum absolute atomic E-state index is 15.2. The first-order chi connectivity index (χ1) is 38.2. The van der Waals surface area contributed by atoms with Crippen molar-refractivity contribution in [1.29, 1.82) is 0 Å². The zero-order valence-corrected chi connectivity index (χ0v) is 44.9. The predicted octanol–water partition coefficient (Wildman–Crippen LogP) is 11.3. The van der Waals surface area contributed by atoms with Gasteiger partial charge in [-0.15, -0.1) is 0 Å². The number of phenols is 3. The van der Waals surface area contributed by atoms with Crippen molar-refractivity contribution < 1.29 is 49.0 Å². The maximum Gasteiger partial charge on any atom is 0.302 e. The molecule has 0 radical (unpaired) electrons. The van der Waals surface area contributed by atoms with Gasteiger partial charge in [0.1, 0.15) is 40.7 Å². The molecule has 79 heavy (non-hydrogen) atoms. The SMILES string of the molecule is COc1cc([C@@H]2CC(=O)C[C@H](OC(C)=O)CC[C@]34Cc5c[nH]cc5[C@@H](C#CCC3=CC=C[C@@H]4C)[C@H](c3cccc(O)c3)C3=CCNC(=C3)N(CCC(C)=O)c3ccc4c5c(n2cc35)CC[C@H]4O)cc(O)c1Oc1cccc(O)c1. The number of aliphatic hydroxyl groups is 1. The summed E-state index contributed by atoms with van der Waals surface area (Å²) in [6.45, 7) is 5.93. The molecule has 14 nitrogen and oxygen atoms in total. The third-order valence-corrected chi connectivity index (χ3v) is 16.9. The second-order valence-electron chi connectivity index (χ2n) is 21.8. The average molecular weight is 1060 g/mol. The summed E-state index contributed by atoms with van der Waals surface area (Å²) in [4.78, 5) is 47.0. The second-order valence-corrected chi connectivity index (χ2v) is 21.8. The largest absolute Gasteiger partial charge is 0.508 e. The van der Waals surface area contributed by atoms with Gasteiger partial charge in [-0.2, -0.15) is 0 Å². The van der Waals surface area contributed by atoms with E-state index in [1.807, 2.05) is 36.5 Å². The highest BCUT2D eigenvalue weighted by Gasteiger charge is 2.43. The lowest BCUT2D eigenvalue weighted by Crippen LogP contribution is -2.36. The Hall–Kier alpha value is -8.41. The molecular formula is C65H66N4O10. The number of H-pyrrole nitrogens is 1. The Morgan fingerprint density at radius 1 is 0.937 bits per heavy atom. The number of aromatic hydroxyl groups is 3. The van der Waals surface area contributed by atoms with Crippen LogP contribution in [0.2, 0.25) is 0 Å². The number of allylic oxidation sites excluding steroid dienone is 6. The summed E-state index contributed by atoms with van der Waals surface area (Å²) in [6.07, 6.45) is 18.4. The molecule has 1 spiro atoms. The molecule has 4 heterocycles. The number of rotatable bonds is 9. The molecule has 0 unspecified atom stereocenters. The first kappa shape index (κ1) is 52.6. The summed E-state index contributed by atoms with van der Waals surface area (Å²) in [6, 6.07) is 20.1. The summed E-state index contributed by atoms with van der Waals surface area (Å²) in [5.41, 5.74) is 7.58. The van der Waals surface area contributed by atoms with Gasteiger partial charge in [-0.05, 0) is 127 Å². The van der Waals surface area contributed by atoms with Crippen molar-refractivity contribution >= 4 is 34.0 Å². The molecule has 0 fully saturated rings. The molecule has 6 N–H and O–H groups in total. The van der Waals surface area contributed by atoms with Crippen molar-refractivity contribution in [2.75, 3.05) is 25.1 Å². The molecule has 5 aliphatic rings. The van der Waals surface area contributed by atoms with Crippen LogP contribution in [-0.2, 0) is 32.0 Å². The van der Waals surface area contributed by atoms with Crippen molar-refractivity contribution in [2.45, 2.75) is 109 Å². The summed E-state index contributed by atoms with van der Waals surface area (Å²) >= 11 is 0. The van der Waals surface area contributed by atoms with Gasteiger partial charge in [0.2, 0.25) is 5.75 Å². The number of nitrogens with one attached hydrogen (secondary N) is 2. The van der Waals surface area contributed by atoms with E-state index in [1.54, 1.807) is 37.3 Å². The third kappa shape index (κ3) is 10.3. The number of carbonyl (C=O) groups excluding carboxylic acids is 3. The van der Waals surface area contributed by atoms with Gasteiger partial charge in [-0.1, -0.05) is 72.9 Å². The van der Waals surface area contributed by atoms with Gasteiger partial charge in [0.25, 0.3) is 0 Å². The number of nitrogens with zero attached hydrogens (tertiary/aromatic N) is 2. The minimum Gasteiger partial charge on any atom is -0.508 e. The highest BCUT2D eigenvalue weighted by molar-refractivity contribution is 6.00. The van der Waals surface area contributed by atoms with E-state index in [0.717, 1.165) is 61.4 Å². The number of fused-ring (bicyclic) bond motifs is 3. The number of carbonyl (C=O) groups is 3. The summed E-state index contributed by atoms with van der Waals surface area (Å²) in [5, 5.41) is 50.4. The van der Waals surface area contributed by atoms with Crippen molar-refractivity contribution in [1.82, 2.24) is 14.9 Å². The van der Waals surface area contributed by atoms with Crippen molar-refractivity contribution in [3.05, 3.63) is 172 Å². The number of aromatic amines is 1. The van der Waals surface area contributed by atoms with E-state index in [9.17, 15) is 30.0 Å². The smallest absolute Gasteiger partial charge is 0.302 e. The fourth-order valence-corrected chi connectivity index (χ4v) is 13.0. The van der Waals surface area contributed by atoms with Crippen LogP contribution in [0.25, 0.3) is 10.8 Å². The molecule has 11 rings (SSSR count). The Balaban J connectivity index is 1.14. The number of aryl methyl sites for hydroxylation is 1.